The van der Waals surface area contributed by atoms with Crippen LogP contribution < -0.4 is 5.32 Å². The first kappa shape index (κ1) is 17.0. The lowest BCUT2D eigenvalue weighted by Crippen LogP contribution is -2.47. The fourth-order valence-corrected chi connectivity index (χ4v) is 4.61. The molecule has 4 heterocycles. The van der Waals surface area contributed by atoms with E-state index in [0.717, 1.165) is 37.2 Å². The Morgan fingerprint density at radius 1 is 1.20 bits per heavy atom. The van der Waals surface area contributed by atoms with E-state index in [1.807, 2.05) is 12.1 Å². The summed E-state index contributed by atoms with van der Waals surface area (Å²) >= 11 is 0. The summed E-state index contributed by atoms with van der Waals surface area (Å²) in [5, 5.41) is 2.95. The van der Waals surface area contributed by atoms with Gasteiger partial charge in [0.2, 0.25) is 5.91 Å². The van der Waals surface area contributed by atoms with E-state index in [9.17, 15) is 4.79 Å². The van der Waals surface area contributed by atoms with E-state index >= 15 is 0 Å². The van der Waals surface area contributed by atoms with Crippen LogP contribution >= 0.6 is 0 Å². The zero-order chi connectivity index (χ0) is 17.1. The van der Waals surface area contributed by atoms with Crippen LogP contribution in [0.1, 0.15) is 38.5 Å². The third kappa shape index (κ3) is 4.39. The third-order valence-electron chi connectivity index (χ3n) is 6.22. The number of anilines is 1. The molecule has 0 unspecified atom stereocenters. The molecule has 4 aliphatic rings. The Kier molecular flexibility index (Phi) is 5.32. The van der Waals surface area contributed by atoms with Gasteiger partial charge in [-0.3, -0.25) is 14.7 Å². The van der Waals surface area contributed by atoms with Gasteiger partial charge in [0.25, 0.3) is 0 Å². The number of rotatable bonds is 6. The molecular formula is C20H30N4O. The van der Waals surface area contributed by atoms with E-state index < -0.39 is 0 Å². The summed E-state index contributed by atoms with van der Waals surface area (Å²) in [5.74, 6) is 1.84. The van der Waals surface area contributed by atoms with Crippen LogP contribution in [0.25, 0.3) is 0 Å². The molecule has 1 aromatic rings. The summed E-state index contributed by atoms with van der Waals surface area (Å²) in [6, 6.07) is 4.44. The van der Waals surface area contributed by atoms with Crippen LogP contribution in [-0.2, 0) is 4.79 Å². The van der Waals surface area contributed by atoms with Crippen molar-refractivity contribution in [1.29, 1.82) is 0 Å². The molecule has 1 aromatic heterocycles. The summed E-state index contributed by atoms with van der Waals surface area (Å²) < 4.78 is 0. The highest BCUT2D eigenvalue weighted by molar-refractivity contribution is 5.90. The van der Waals surface area contributed by atoms with Crippen molar-refractivity contribution in [3.8, 4) is 0 Å². The van der Waals surface area contributed by atoms with Crippen LogP contribution in [0.15, 0.2) is 24.5 Å². The normalized spacial score (nSPS) is 27.7. The molecule has 1 saturated carbocycles. The average Bonchev–Trinajstić information content (AvgIpc) is 2.88. The van der Waals surface area contributed by atoms with Crippen LogP contribution in [0, 0.1) is 11.8 Å². The number of piperidine rings is 1. The summed E-state index contributed by atoms with van der Waals surface area (Å²) in [6.45, 7) is 5.77. The maximum Gasteiger partial charge on any atom is 0.225 e. The second-order valence-electron chi connectivity index (χ2n) is 8.15. The smallest absolute Gasteiger partial charge is 0.225 e. The van der Waals surface area contributed by atoms with Crippen molar-refractivity contribution in [3.63, 3.8) is 0 Å². The first-order chi connectivity index (χ1) is 12.3. The molecule has 4 fully saturated rings. The van der Waals surface area contributed by atoms with Crippen LogP contribution in [0.2, 0.25) is 0 Å². The zero-order valence-corrected chi connectivity index (χ0v) is 15.1. The minimum absolute atomic E-state index is 0.0934. The molecule has 25 heavy (non-hydrogen) atoms. The Morgan fingerprint density at radius 3 is 2.88 bits per heavy atom. The van der Waals surface area contributed by atoms with Gasteiger partial charge in [0.15, 0.2) is 0 Å². The number of carbonyl (C=O) groups excluding carboxylic acids is 1. The van der Waals surface area contributed by atoms with E-state index in [1.165, 1.54) is 45.2 Å². The second kappa shape index (κ2) is 7.83. The minimum Gasteiger partial charge on any atom is -0.325 e. The summed E-state index contributed by atoms with van der Waals surface area (Å²) in [4.78, 5) is 21.5. The first-order valence-corrected chi connectivity index (χ1v) is 9.92. The maximum atomic E-state index is 12.2. The molecule has 3 aliphatic heterocycles. The van der Waals surface area contributed by atoms with Gasteiger partial charge in [-0.15, -0.1) is 0 Å². The Bertz CT molecular complexity index is 574. The van der Waals surface area contributed by atoms with Gasteiger partial charge in [-0.05, 0) is 49.7 Å². The van der Waals surface area contributed by atoms with Gasteiger partial charge < -0.3 is 10.2 Å². The number of nitrogens with one attached hydrogen (secondary N) is 1. The Hall–Kier alpha value is -1.46. The highest BCUT2D eigenvalue weighted by atomic mass is 16.1. The molecule has 136 valence electrons. The molecule has 2 atom stereocenters. The zero-order valence-electron chi connectivity index (χ0n) is 15.1. The van der Waals surface area contributed by atoms with Crippen molar-refractivity contribution < 1.29 is 4.79 Å². The number of carbonyl (C=O) groups is 1. The highest BCUT2D eigenvalue weighted by Gasteiger charge is 2.36. The lowest BCUT2D eigenvalue weighted by atomic mass is 9.83. The summed E-state index contributed by atoms with van der Waals surface area (Å²) in [7, 11) is 0. The van der Waals surface area contributed by atoms with Crippen LogP contribution in [-0.4, -0.2) is 59.5 Å². The van der Waals surface area contributed by atoms with Gasteiger partial charge in [0.1, 0.15) is 0 Å². The van der Waals surface area contributed by atoms with Gasteiger partial charge in [-0.25, -0.2) is 0 Å². The fourth-order valence-electron chi connectivity index (χ4n) is 4.61. The van der Waals surface area contributed by atoms with Gasteiger partial charge in [0.05, 0.1) is 11.9 Å². The second-order valence-corrected chi connectivity index (χ2v) is 8.15. The lowest BCUT2D eigenvalue weighted by molar-refractivity contribution is -0.116. The van der Waals surface area contributed by atoms with Crippen molar-refractivity contribution in [2.45, 2.75) is 44.6 Å². The summed E-state index contributed by atoms with van der Waals surface area (Å²) in [6.07, 6.45) is 11.0. The average molecular weight is 342 g/mol. The topological polar surface area (TPSA) is 48.5 Å². The first-order valence-electron chi connectivity index (χ1n) is 9.92. The van der Waals surface area contributed by atoms with Gasteiger partial charge in [-0.1, -0.05) is 6.42 Å². The number of pyridine rings is 1. The van der Waals surface area contributed by atoms with E-state index in [2.05, 4.69) is 20.1 Å². The van der Waals surface area contributed by atoms with E-state index in [0.29, 0.717) is 12.5 Å². The van der Waals surface area contributed by atoms with Gasteiger partial charge >= 0.3 is 0 Å². The van der Waals surface area contributed by atoms with E-state index in [4.69, 9.17) is 0 Å². The quantitative estimate of drug-likeness (QED) is 0.863. The Labute approximate surface area is 150 Å². The molecule has 3 saturated heterocycles. The van der Waals surface area contributed by atoms with Gasteiger partial charge in [-0.2, -0.15) is 0 Å². The molecular weight excluding hydrogens is 312 g/mol. The molecule has 5 rings (SSSR count). The van der Waals surface area contributed by atoms with E-state index in [-0.39, 0.29) is 5.91 Å². The minimum atomic E-state index is 0.0934. The number of hydrogen-bond acceptors (Lipinski definition) is 4. The number of hydrogen-bond donors (Lipinski definition) is 1. The molecule has 0 radical (unpaired) electrons. The van der Waals surface area contributed by atoms with Gasteiger partial charge in [0, 0.05) is 51.4 Å². The van der Waals surface area contributed by atoms with Crippen LogP contribution in [0.5, 0.6) is 0 Å². The molecule has 1 N–H and O–H groups in total. The number of nitrogens with zero attached hydrogens (tertiary/aromatic N) is 3. The largest absolute Gasteiger partial charge is 0.325 e. The van der Waals surface area contributed by atoms with Crippen molar-refractivity contribution >= 4 is 11.6 Å². The Balaban J connectivity index is 1.26. The third-order valence-corrected chi connectivity index (χ3v) is 6.22. The SMILES string of the molecule is O=C(CCN1C[C@H]2CC[C@@H](C1)N(CC1CCC1)C2)Nc1cccnc1. The summed E-state index contributed by atoms with van der Waals surface area (Å²) in [5.41, 5.74) is 0.787. The monoisotopic (exact) mass is 342 g/mol. The molecule has 5 heteroatoms. The number of amides is 1. The number of fused-ring (bicyclic) bond motifs is 4. The molecule has 5 nitrogen and oxygen atoms in total. The predicted molar refractivity (Wildman–Crippen MR) is 99.3 cm³/mol. The van der Waals surface area contributed by atoms with Crippen molar-refractivity contribution in [2.24, 2.45) is 11.8 Å². The Morgan fingerprint density at radius 2 is 2.12 bits per heavy atom. The van der Waals surface area contributed by atoms with Crippen LogP contribution in [0.3, 0.4) is 0 Å². The molecule has 1 aliphatic carbocycles. The molecule has 2 bridgehead atoms. The standard InChI is InChI=1S/C20H30N4O/c25-20(22-18-5-2-9-21-11-18)8-10-23-12-17-6-7-19(15-23)24(14-17)13-16-3-1-4-16/h2,5,9,11,16-17,19H,1,3-4,6-8,10,12-15H2,(H,22,25)/t17-,19+/m1/s1. The van der Waals surface area contributed by atoms with Crippen molar-refractivity contribution in [2.75, 3.05) is 38.0 Å². The predicted octanol–water partition coefficient (Wildman–Crippen LogP) is 2.61. The maximum absolute atomic E-state index is 12.2. The van der Waals surface area contributed by atoms with Crippen molar-refractivity contribution in [3.05, 3.63) is 24.5 Å². The lowest BCUT2D eigenvalue weighted by Gasteiger charge is -2.40. The number of aromatic nitrogens is 1. The van der Waals surface area contributed by atoms with Crippen molar-refractivity contribution in [1.82, 2.24) is 14.8 Å². The molecule has 1 amide bonds. The van der Waals surface area contributed by atoms with Crippen LogP contribution in [0.4, 0.5) is 5.69 Å². The van der Waals surface area contributed by atoms with E-state index in [1.54, 1.807) is 12.4 Å². The fraction of sp³-hybridized carbons (Fsp3) is 0.700. The molecule has 0 spiro atoms. The molecule has 0 aromatic carbocycles. The highest BCUT2D eigenvalue weighted by Crippen LogP contribution is 2.33.